The van der Waals surface area contributed by atoms with Crippen molar-refractivity contribution in [3.05, 3.63) is 94.6 Å². The van der Waals surface area contributed by atoms with Crippen LogP contribution < -0.4 is 19.1 Å². The molecule has 244 valence electrons. The van der Waals surface area contributed by atoms with Gasteiger partial charge in [0.05, 0.1) is 24.8 Å². The van der Waals surface area contributed by atoms with E-state index < -0.39 is 17.7 Å². The maximum atomic E-state index is 13.8. The molecule has 3 heterocycles. The molecule has 0 unspecified atom stereocenters. The van der Waals surface area contributed by atoms with E-state index in [9.17, 15) is 14.7 Å². The second kappa shape index (κ2) is 14.2. The highest BCUT2D eigenvalue weighted by molar-refractivity contribution is 8.00. The molecular formula is C36H37N3O6S2. The number of hydrogen-bond acceptors (Lipinski definition) is 10. The maximum Gasteiger partial charge on any atom is 0.301 e. The third kappa shape index (κ3) is 7.01. The number of ketones is 1. The Morgan fingerprint density at radius 2 is 1.87 bits per heavy atom. The number of anilines is 1. The number of ether oxygens (including phenoxy) is 3. The van der Waals surface area contributed by atoms with E-state index in [4.69, 9.17) is 14.2 Å². The van der Waals surface area contributed by atoms with Crippen molar-refractivity contribution in [3.8, 4) is 17.2 Å². The average molecular weight is 672 g/mol. The van der Waals surface area contributed by atoms with Crippen LogP contribution in [0, 0.1) is 5.92 Å². The summed E-state index contributed by atoms with van der Waals surface area (Å²) in [5, 5.41) is 20.7. The summed E-state index contributed by atoms with van der Waals surface area (Å²) in [6.45, 7) is 9.03. The highest BCUT2D eigenvalue weighted by atomic mass is 32.2. The number of carbonyl (C=O) groups is 2. The first-order chi connectivity index (χ1) is 22.7. The Balaban J connectivity index is 1.41. The van der Waals surface area contributed by atoms with Crippen molar-refractivity contribution in [2.75, 3.05) is 18.1 Å². The molecule has 1 amide bonds. The molecule has 1 aromatic heterocycles. The van der Waals surface area contributed by atoms with Crippen LogP contribution in [-0.4, -0.2) is 46.3 Å². The van der Waals surface area contributed by atoms with E-state index in [1.807, 2.05) is 50.2 Å². The van der Waals surface area contributed by atoms with Crippen molar-refractivity contribution in [1.29, 1.82) is 0 Å². The van der Waals surface area contributed by atoms with Crippen LogP contribution in [0.3, 0.4) is 0 Å². The number of aromatic nitrogens is 2. The number of nitrogens with zero attached hydrogens (tertiary/aromatic N) is 3. The first kappa shape index (κ1) is 32.6. The van der Waals surface area contributed by atoms with Crippen molar-refractivity contribution in [2.45, 2.75) is 62.8 Å². The van der Waals surface area contributed by atoms with Crippen LogP contribution in [-0.2, 0) is 21.8 Å². The SMILES string of the molecule is CCOc1cc([C@@H]2/C(=C(\O)c3ccc4c(c3)C[C@H](C)O4)C(=O)C(=O)N2c2nnc(SCc3ccccc3)s2)ccc1OCCC(C)C. The van der Waals surface area contributed by atoms with Gasteiger partial charge in [-0.1, -0.05) is 73.3 Å². The molecule has 0 bridgehead atoms. The summed E-state index contributed by atoms with van der Waals surface area (Å²) >= 11 is 2.73. The molecule has 0 aliphatic carbocycles. The van der Waals surface area contributed by atoms with Crippen molar-refractivity contribution in [2.24, 2.45) is 5.92 Å². The summed E-state index contributed by atoms with van der Waals surface area (Å²) in [4.78, 5) is 29.0. The van der Waals surface area contributed by atoms with Gasteiger partial charge in [0.2, 0.25) is 5.13 Å². The standard InChI is InChI=1S/C36H37N3O6S2/c1-5-43-29-19-24(11-14-28(29)44-16-15-21(2)3)31-30(32(40)25-12-13-27-26(18-25)17-22(4)45-27)33(41)34(42)39(31)35-37-38-36(47-35)46-20-23-9-7-6-8-10-23/h6-14,18-19,21-22,31,40H,5,15-17,20H2,1-4H3/b32-30+/t22-,31+/m0/s1. The van der Waals surface area contributed by atoms with Gasteiger partial charge in [-0.15, -0.1) is 10.2 Å². The zero-order valence-corrected chi connectivity index (χ0v) is 28.4. The largest absolute Gasteiger partial charge is 0.507 e. The molecule has 0 spiro atoms. The number of benzene rings is 3. The number of Topliss-reactive ketones (excluding diaryl/α,β-unsaturated/α-hetero) is 1. The Labute approximate surface area is 282 Å². The first-order valence-corrected chi connectivity index (χ1v) is 17.5. The Kier molecular flexibility index (Phi) is 9.84. The van der Waals surface area contributed by atoms with E-state index in [2.05, 4.69) is 24.0 Å². The number of carbonyl (C=O) groups excluding carboxylic acids is 2. The summed E-state index contributed by atoms with van der Waals surface area (Å²) < 4.78 is 18.5. The summed E-state index contributed by atoms with van der Waals surface area (Å²) in [6, 6.07) is 19.7. The first-order valence-electron chi connectivity index (χ1n) is 15.7. The van der Waals surface area contributed by atoms with Gasteiger partial charge < -0.3 is 19.3 Å². The second-order valence-corrected chi connectivity index (χ2v) is 14.1. The summed E-state index contributed by atoms with van der Waals surface area (Å²) in [5.74, 6) is 1.08. The summed E-state index contributed by atoms with van der Waals surface area (Å²) in [7, 11) is 0. The monoisotopic (exact) mass is 671 g/mol. The third-order valence-corrected chi connectivity index (χ3v) is 10.1. The van der Waals surface area contributed by atoms with Crippen LogP contribution >= 0.6 is 23.1 Å². The van der Waals surface area contributed by atoms with Gasteiger partial charge in [0.15, 0.2) is 15.8 Å². The molecule has 1 saturated heterocycles. The molecule has 11 heteroatoms. The zero-order chi connectivity index (χ0) is 33.1. The Morgan fingerprint density at radius 1 is 1.06 bits per heavy atom. The highest BCUT2D eigenvalue weighted by Crippen LogP contribution is 2.46. The molecule has 0 saturated carbocycles. The topological polar surface area (TPSA) is 111 Å². The lowest BCUT2D eigenvalue weighted by Gasteiger charge is -2.24. The lowest BCUT2D eigenvalue weighted by molar-refractivity contribution is -0.132. The van der Waals surface area contributed by atoms with Gasteiger partial charge in [-0.25, -0.2) is 0 Å². The normalized spacial score (nSPS) is 18.4. The smallest absolute Gasteiger partial charge is 0.301 e. The Hall–Kier alpha value is -4.35. The van der Waals surface area contributed by atoms with E-state index >= 15 is 0 Å². The fourth-order valence-corrected chi connectivity index (χ4v) is 7.46. The maximum absolute atomic E-state index is 13.8. The summed E-state index contributed by atoms with van der Waals surface area (Å²) in [5.41, 5.74) is 3.02. The van der Waals surface area contributed by atoms with Gasteiger partial charge in [0.25, 0.3) is 5.78 Å². The second-order valence-electron chi connectivity index (χ2n) is 11.9. The molecule has 0 radical (unpaired) electrons. The van der Waals surface area contributed by atoms with Gasteiger partial charge in [0, 0.05) is 17.7 Å². The molecule has 6 rings (SSSR count). The average Bonchev–Trinajstić information content (AvgIpc) is 3.75. The van der Waals surface area contributed by atoms with E-state index in [1.54, 1.807) is 30.3 Å². The lowest BCUT2D eigenvalue weighted by Crippen LogP contribution is -2.29. The van der Waals surface area contributed by atoms with Crippen LogP contribution in [0.15, 0.2) is 76.6 Å². The zero-order valence-electron chi connectivity index (χ0n) is 26.8. The van der Waals surface area contributed by atoms with Crippen LogP contribution in [0.25, 0.3) is 5.76 Å². The molecule has 1 N–H and O–H groups in total. The van der Waals surface area contributed by atoms with Crippen molar-refractivity contribution < 1.29 is 28.9 Å². The van der Waals surface area contributed by atoms with E-state index in [-0.39, 0.29) is 22.6 Å². The predicted octanol–water partition coefficient (Wildman–Crippen LogP) is 7.60. The number of amides is 1. The van der Waals surface area contributed by atoms with Gasteiger partial charge in [0.1, 0.15) is 17.6 Å². The van der Waals surface area contributed by atoms with Gasteiger partial charge in [-0.05, 0) is 73.2 Å². The summed E-state index contributed by atoms with van der Waals surface area (Å²) in [6.07, 6.45) is 1.57. The van der Waals surface area contributed by atoms with Crippen LogP contribution in [0.1, 0.15) is 62.4 Å². The fourth-order valence-electron chi connectivity index (χ4n) is 5.63. The number of thioether (sulfide) groups is 1. The molecular weight excluding hydrogens is 635 g/mol. The van der Waals surface area contributed by atoms with Crippen molar-refractivity contribution in [3.63, 3.8) is 0 Å². The number of rotatable bonds is 12. The minimum absolute atomic E-state index is 0.0117. The lowest BCUT2D eigenvalue weighted by atomic mass is 9.94. The minimum atomic E-state index is -0.984. The number of fused-ring (bicyclic) bond motifs is 1. The molecule has 2 atom stereocenters. The van der Waals surface area contributed by atoms with E-state index in [0.29, 0.717) is 58.3 Å². The Bertz CT molecular complexity index is 1810. The van der Waals surface area contributed by atoms with Crippen LogP contribution in [0.2, 0.25) is 0 Å². The number of hydrogen-bond donors (Lipinski definition) is 1. The highest BCUT2D eigenvalue weighted by Gasteiger charge is 2.48. The molecule has 9 nitrogen and oxygen atoms in total. The molecule has 1 fully saturated rings. The minimum Gasteiger partial charge on any atom is -0.507 e. The predicted molar refractivity (Wildman–Crippen MR) is 183 cm³/mol. The molecule has 47 heavy (non-hydrogen) atoms. The van der Waals surface area contributed by atoms with E-state index in [0.717, 1.165) is 23.3 Å². The number of aliphatic hydroxyl groups excluding tert-OH is 1. The van der Waals surface area contributed by atoms with Gasteiger partial charge in [-0.2, -0.15) is 0 Å². The van der Waals surface area contributed by atoms with Crippen LogP contribution in [0.4, 0.5) is 5.13 Å². The fraction of sp³-hybridized carbons (Fsp3) is 0.333. The van der Waals surface area contributed by atoms with Crippen LogP contribution in [0.5, 0.6) is 17.2 Å². The number of aliphatic hydroxyl groups is 1. The van der Waals surface area contributed by atoms with Gasteiger partial charge >= 0.3 is 5.91 Å². The van der Waals surface area contributed by atoms with E-state index in [1.165, 1.54) is 28.0 Å². The van der Waals surface area contributed by atoms with Gasteiger partial charge in [-0.3, -0.25) is 14.5 Å². The van der Waals surface area contributed by atoms with Crippen molar-refractivity contribution >= 4 is 45.7 Å². The quantitative estimate of drug-likeness (QED) is 0.0535. The molecule has 2 aliphatic rings. The molecule has 2 aliphatic heterocycles. The molecule has 3 aromatic carbocycles. The molecule has 4 aromatic rings. The van der Waals surface area contributed by atoms with Crippen molar-refractivity contribution in [1.82, 2.24) is 10.2 Å². The third-order valence-electron chi connectivity index (χ3n) is 7.96. The Morgan fingerprint density at radius 3 is 2.64 bits per heavy atom.